The van der Waals surface area contributed by atoms with E-state index in [1.807, 2.05) is 12.1 Å². The summed E-state index contributed by atoms with van der Waals surface area (Å²) in [4.78, 5) is 7.90. The zero-order valence-corrected chi connectivity index (χ0v) is 12.0. The molecule has 0 fully saturated rings. The zero-order chi connectivity index (χ0) is 13.1. The van der Waals surface area contributed by atoms with Crippen molar-refractivity contribution in [2.75, 3.05) is 18.6 Å². The van der Waals surface area contributed by atoms with Gasteiger partial charge in [0.1, 0.15) is 11.6 Å². The fourth-order valence-corrected chi connectivity index (χ4v) is 2.41. The molecule has 2 aromatic rings. The molecule has 0 saturated carbocycles. The molecular formula is C12H13IN4O. The summed E-state index contributed by atoms with van der Waals surface area (Å²) in [7, 11) is 1.66. The molecule has 18 heavy (non-hydrogen) atoms. The van der Waals surface area contributed by atoms with Gasteiger partial charge in [0.25, 0.3) is 0 Å². The van der Waals surface area contributed by atoms with E-state index in [1.165, 1.54) is 0 Å². The van der Waals surface area contributed by atoms with Gasteiger partial charge in [-0.1, -0.05) is 6.07 Å². The Hall–Kier alpha value is -1.57. The van der Waals surface area contributed by atoms with Crippen LogP contribution in [0.4, 0.5) is 11.8 Å². The van der Waals surface area contributed by atoms with E-state index in [2.05, 4.69) is 38.6 Å². The summed E-state index contributed by atoms with van der Waals surface area (Å²) >= 11 is 2.24. The molecule has 0 aliphatic heterocycles. The van der Waals surface area contributed by atoms with Crippen LogP contribution in [0.2, 0.25) is 0 Å². The number of nitrogens with zero attached hydrogens (tertiary/aromatic N) is 2. The second kappa shape index (κ2) is 5.38. The minimum Gasteiger partial charge on any atom is -0.496 e. The van der Waals surface area contributed by atoms with E-state index >= 15 is 0 Å². The molecule has 0 spiro atoms. The molecule has 0 aliphatic rings. The molecule has 0 radical (unpaired) electrons. The monoisotopic (exact) mass is 356 g/mol. The largest absolute Gasteiger partial charge is 0.496 e. The van der Waals surface area contributed by atoms with Gasteiger partial charge in [0.05, 0.1) is 10.7 Å². The molecule has 0 atom stereocenters. The first kappa shape index (κ1) is 12.9. The van der Waals surface area contributed by atoms with Gasteiger partial charge < -0.3 is 16.2 Å². The molecular weight excluding hydrogens is 343 g/mol. The highest BCUT2D eigenvalue weighted by molar-refractivity contribution is 14.1. The number of anilines is 2. The number of nitrogen functional groups attached to an aromatic ring is 2. The molecule has 4 N–H and O–H groups in total. The quantitative estimate of drug-likeness (QED) is 0.820. The Labute approximate surface area is 119 Å². The molecule has 1 heterocycles. The third-order valence-corrected chi connectivity index (χ3v) is 3.37. The predicted molar refractivity (Wildman–Crippen MR) is 79.4 cm³/mol. The third-order valence-electron chi connectivity index (χ3n) is 2.53. The topological polar surface area (TPSA) is 87.0 Å². The maximum absolute atomic E-state index is 5.81. The lowest BCUT2D eigenvalue weighted by molar-refractivity contribution is 0.411. The van der Waals surface area contributed by atoms with Crippen LogP contribution in [0.3, 0.4) is 0 Å². The summed E-state index contributed by atoms with van der Waals surface area (Å²) in [6.45, 7) is 0. The van der Waals surface area contributed by atoms with Crippen molar-refractivity contribution in [3.05, 3.63) is 39.1 Å². The molecule has 5 nitrogen and oxygen atoms in total. The summed E-state index contributed by atoms with van der Waals surface area (Å²) in [5, 5.41) is 0. The number of benzene rings is 1. The minimum atomic E-state index is 0.195. The van der Waals surface area contributed by atoms with Gasteiger partial charge in [-0.15, -0.1) is 0 Å². The standard InChI is InChI=1S/C12H13IN4O/c1-18-10-3-2-7(5-9(10)13)4-8-6-16-12(15)17-11(8)14/h2-3,5-6H,4H2,1H3,(H4,14,15,16,17). The van der Waals surface area contributed by atoms with Crippen molar-refractivity contribution in [1.82, 2.24) is 9.97 Å². The second-order valence-corrected chi connectivity index (χ2v) is 4.95. The first-order chi connectivity index (χ1) is 8.60. The van der Waals surface area contributed by atoms with Crippen molar-refractivity contribution in [3.8, 4) is 5.75 Å². The number of hydrogen-bond acceptors (Lipinski definition) is 5. The SMILES string of the molecule is COc1ccc(Cc2cnc(N)nc2N)cc1I. The zero-order valence-electron chi connectivity index (χ0n) is 9.85. The lowest BCUT2D eigenvalue weighted by Crippen LogP contribution is -2.04. The molecule has 2 rings (SSSR count). The molecule has 1 aromatic carbocycles. The molecule has 0 aliphatic carbocycles. The highest BCUT2D eigenvalue weighted by Gasteiger charge is 2.06. The maximum atomic E-state index is 5.81. The molecule has 0 saturated heterocycles. The fraction of sp³-hybridized carbons (Fsp3) is 0.167. The third kappa shape index (κ3) is 2.81. The number of halogens is 1. The predicted octanol–water partition coefficient (Wildman–Crippen LogP) is 1.84. The Morgan fingerprint density at radius 1 is 1.33 bits per heavy atom. The average Bonchev–Trinajstić information content (AvgIpc) is 2.33. The summed E-state index contributed by atoms with van der Waals surface area (Å²) in [6.07, 6.45) is 2.33. The van der Waals surface area contributed by atoms with Crippen LogP contribution in [0.1, 0.15) is 11.1 Å². The Kier molecular flexibility index (Phi) is 3.85. The minimum absolute atomic E-state index is 0.195. The Morgan fingerprint density at radius 3 is 2.72 bits per heavy atom. The Bertz CT molecular complexity index is 574. The van der Waals surface area contributed by atoms with E-state index in [-0.39, 0.29) is 5.95 Å². The van der Waals surface area contributed by atoms with Crippen LogP contribution < -0.4 is 16.2 Å². The van der Waals surface area contributed by atoms with Crippen LogP contribution in [-0.4, -0.2) is 17.1 Å². The van der Waals surface area contributed by atoms with Crippen LogP contribution in [0.25, 0.3) is 0 Å². The fourth-order valence-electron chi connectivity index (χ4n) is 1.61. The lowest BCUT2D eigenvalue weighted by Gasteiger charge is -2.08. The van der Waals surface area contributed by atoms with E-state index in [0.29, 0.717) is 12.2 Å². The number of methoxy groups -OCH3 is 1. The molecule has 94 valence electrons. The Balaban J connectivity index is 2.26. The van der Waals surface area contributed by atoms with Gasteiger partial charge in [-0.2, -0.15) is 4.98 Å². The highest BCUT2D eigenvalue weighted by Crippen LogP contribution is 2.23. The van der Waals surface area contributed by atoms with Gasteiger partial charge in [-0.05, 0) is 40.3 Å². The van der Waals surface area contributed by atoms with Crippen LogP contribution >= 0.6 is 22.6 Å². The van der Waals surface area contributed by atoms with Gasteiger partial charge >= 0.3 is 0 Å². The summed E-state index contributed by atoms with van der Waals surface area (Å²) in [6, 6.07) is 5.98. The van der Waals surface area contributed by atoms with Crippen LogP contribution in [0, 0.1) is 3.57 Å². The number of ether oxygens (including phenoxy) is 1. The molecule has 0 bridgehead atoms. The van der Waals surface area contributed by atoms with E-state index in [9.17, 15) is 0 Å². The number of nitrogens with two attached hydrogens (primary N) is 2. The first-order valence-corrected chi connectivity index (χ1v) is 6.37. The van der Waals surface area contributed by atoms with Gasteiger partial charge in [-0.25, -0.2) is 4.98 Å². The van der Waals surface area contributed by atoms with Crippen molar-refractivity contribution >= 4 is 34.4 Å². The van der Waals surface area contributed by atoms with E-state index in [1.54, 1.807) is 13.3 Å². The van der Waals surface area contributed by atoms with Crippen LogP contribution in [0.5, 0.6) is 5.75 Å². The van der Waals surface area contributed by atoms with E-state index in [4.69, 9.17) is 16.2 Å². The number of aromatic nitrogens is 2. The Morgan fingerprint density at radius 2 is 2.11 bits per heavy atom. The van der Waals surface area contributed by atoms with Crippen molar-refractivity contribution < 1.29 is 4.74 Å². The average molecular weight is 356 g/mol. The van der Waals surface area contributed by atoms with Gasteiger partial charge in [0.2, 0.25) is 5.95 Å². The van der Waals surface area contributed by atoms with Crippen molar-refractivity contribution in [2.24, 2.45) is 0 Å². The van der Waals surface area contributed by atoms with Crippen molar-refractivity contribution in [1.29, 1.82) is 0 Å². The molecule has 1 aromatic heterocycles. The number of hydrogen-bond donors (Lipinski definition) is 2. The second-order valence-electron chi connectivity index (χ2n) is 3.78. The van der Waals surface area contributed by atoms with Crippen molar-refractivity contribution in [2.45, 2.75) is 6.42 Å². The summed E-state index contributed by atoms with van der Waals surface area (Å²) in [5.41, 5.74) is 13.3. The smallest absolute Gasteiger partial charge is 0.221 e. The molecule has 0 amide bonds. The molecule has 0 unspecified atom stereocenters. The van der Waals surface area contributed by atoms with E-state index in [0.717, 1.165) is 20.4 Å². The normalized spacial score (nSPS) is 10.3. The summed E-state index contributed by atoms with van der Waals surface area (Å²) < 4.78 is 6.27. The van der Waals surface area contributed by atoms with Crippen LogP contribution in [-0.2, 0) is 6.42 Å². The first-order valence-electron chi connectivity index (χ1n) is 5.29. The maximum Gasteiger partial charge on any atom is 0.221 e. The van der Waals surface area contributed by atoms with E-state index < -0.39 is 0 Å². The number of rotatable bonds is 3. The lowest BCUT2D eigenvalue weighted by atomic mass is 10.1. The van der Waals surface area contributed by atoms with Gasteiger partial charge in [-0.3, -0.25) is 0 Å². The van der Waals surface area contributed by atoms with Gasteiger partial charge in [0.15, 0.2) is 0 Å². The van der Waals surface area contributed by atoms with Crippen molar-refractivity contribution in [3.63, 3.8) is 0 Å². The highest BCUT2D eigenvalue weighted by atomic mass is 127. The summed E-state index contributed by atoms with van der Waals surface area (Å²) in [5.74, 6) is 1.48. The molecule has 6 heteroatoms. The van der Waals surface area contributed by atoms with Crippen LogP contribution in [0.15, 0.2) is 24.4 Å². The van der Waals surface area contributed by atoms with Gasteiger partial charge in [0, 0.05) is 18.2 Å².